The Bertz CT molecular complexity index is 327. The first-order chi connectivity index (χ1) is 6.45. The van der Waals surface area contributed by atoms with Gasteiger partial charge in [0.05, 0.1) is 0 Å². The van der Waals surface area contributed by atoms with Gasteiger partial charge in [-0.2, -0.15) is 13.2 Å². The first-order valence-corrected chi connectivity index (χ1v) is 4.57. The molecule has 0 amide bonds. The Morgan fingerprint density at radius 3 is 2.57 bits per heavy atom. The normalized spacial score (nSPS) is 11.8. The van der Waals surface area contributed by atoms with E-state index in [1.54, 1.807) is 0 Å². The number of rotatable bonds is 2. The molecule has 14 heavy (non-hydrogen) atoms. The third-order valence-corrected chi connectivity index (χ3v) is 2.32. The minimum atomic E-state index is -4.44. The molecule has 0 fully saturated rings. The number of alkyl halides is 3. The van der Waals surface area contributed by atoms with Crippen molar-refractivity contribution >= 4 is 15.9 Å². The summed E-state index contributed by atoms with van der Waals surface area (Å²) >= 11 is 3.06. The highest BCUT2D eigenvalue weighted by Crippen LogP contribution is 2.29. The van der Waals surface area contributed by atoms with Crippen LogP contribution in [0.3, 0.4) is 0 Å². The van der Waals surface area contributed by atoms with Gasteiger partial charge in [-0.25, -0.2) is 0 Å². The lowest BCUT2D eigenvalue weighted by atomic mass is 10.2. The van der Waals surface area contributed by atoms with Crippen LogP contribution in [-0.2, 0) is 12.6 Å². The van der Waals surface area contributed by atoms with Crippen molar-refractivity contribution in [3.63, 3.8) is 0 Å². The van der Waals surface area contributed by atoms with Crippen molar-refractivity contribution in [2.45, 2.75) is 12.6 Å². The quantitative estimate of drug-likeness (QED) is 0.895. The highest BCUT2D eigenvalue weighted by atomic mass is 79.9. The number of hydrogen-bond acceptors (Lipinski definition) is 2. The molecular weight excluding hydrogens is 263 g/mol. The standard InChI is InChI=1S/C8H7BrF3NO/c9-6-4-13-7(8(10,11)12)3-5(6)1-2-14/h3-4,14H,1-2H2. The summed E-state index contributed by atoms with van der Waals surface area (Å²) < 4.78 is 37.1. The second kappa shape index (κ2) is 4.27. The lowest BCUT2D eigenvalue weighted by Crippen LogP contribution is -2.09. The Morgan fingerprint density at radius 1 is 1.43 bits per heavy atom. The molecule has 1 heterocycles. The van der Waals surface area contributed by atoms with Crippen molar-refractivity contribution in [1.82, 2.24) is 4.98 Å². The van der Waals surface area contributed by atoms with Crippen molar-refractivity contribution in [1.29, 1.82) is 0 Å². The van der Waals surface area contributed by atoms with Gasteiger partial charge in [-0.3, -0.25) is 4.98 Å². The molecule has 0 atom stereocenters. The highest BCUT2D eigenvalue weighted by Gasteiger charge is 2.32. The summed E-state index contributed by atoms with van der Waals surface area (Å²) in [7, 11) is 0. The van der Waals surface area contributed by atoms with Gasteiger partial charge in [0.1, 0.15) is 5.69 Å². The molecule has 0 spiro atoms. The maximum Gasteiger partial charge on any atom is 0.433 e. The molecule has 0 aliphatic rings. The van der Waals surface area contributed by atoms with Gasteiger partial charge in [0, 0.05) is 17.3 Å². The molecule has 0 radical (unpaired) electrons. The summed E-state index contributed by atoms with van der Waals surface area (Å²) in [6, 6.07) is 0.931. The molecule has 0 saturated carbocycles. The summed E-state index contributed by atoms with van der Waals surface area (Å²) in [6.07, 6.45) is -3.18. The maximum atomic E-state index is 12.2. The zero-order valence-electron chi connectivity index (χ0n) is 6.98. The Kier molecular flexibility index (Phi) is 3.49. The second-order valence-electron chi connectivity index (χ2n) is 2.63. The molecule has 1 N–H and O–H groups in total. The molecule has 78 valence electrons. The molecule has 0 aromatic carbocycles. The van der Waals surface area contributed by atoms with Gasteiger partial charge in [0.15, 0.2) is 0 Å². The summed E-state index contributed by atoms with van der Waals surface area (Å²) in [5.74, 6) is 0. The Labute approximate surface area is 86.9 Å². The van der Waals surface area contributed by atoms with Crippen LogP contribution in [0.4, 0.5) is 13.2 Å². The van der Waals surface area contributed by atoms with Gasteiger partial charge in [-0.05, 0) is 34.0 Å². The Balaban J connectivity index is 3.06. The van der Waals surface area contributed by atoms with E-state index in [1.807, 2.05) is 0 Å². The molecule has 1 rings (SSSR count). The molecule has 6 heteroatoms. The molecule has 0 bridgehead atoms. The molecule has 1 aromatic heterocycles. The number of pyridine rings is 1. The zero-order valence-corrected chi connectivity index (χ0v) is 8.56. The van der Waals surface area contributed by atoms with Crippen molar-refractivity contribution in [2.24, 2.45) is 0 Å². The summed E-state index contributed by atoms with van der Waals surface area (Å²) in [4.78, 5) is 3.24. The van der Waals surface area contributed by atoms with Crippen LogP contribution in [0.5, 0.6) is 0 Å². The highest BCUT2D eigenvalue weighted by molar-refractivity contribution is 9.10. The fourth-order valence-corrected chi connectivity index (χ4v) is 1.36. The number of aliphatic hydroxyl groups is 1. The van der Waals surface area contributed by atoms with Crippen LogP contribution in [0.15, 0.2) is 16.7 Å². The molecular formula is C8H7BrF3NO. The van der Waals surface area contributed by atoms with Crippen molar-refractivity contribution in [2.75, 3.05) is 6.61 Å². The van der Waals surface area contributed by atoms with E-state index in [9.17, 15) is 13.2 Å². The maximum absolute atomic E-state index is 12.2. The predicted molar refractivity (Wildman–Crippen MR) is 47.7 cm³/mol. The van der Waals surface area contributed by atoms with E-state index in [0.29, 0.717) is 10.0 Å². The fraction of sp³-hybridized carbons (Fsp3) is 0.375. The molecule has 2 nitrogen and oxygen atoms in total. The van der Waals surface area contributed by atoms with E-state index in [2.05, 4.69) is 20.9 Å². The lowest BCUT2D eigenvalue weighted by Gasteiger charge is -2.08. The number of aromatic nitrogens is 1. The average molecular weight is 270 g/mol. The van der Waals surface area contributed by atoms with Crippen LogP contribution in [-0.4, -0.2) is 16.7 Å². The van der Waals surface area contributed by atoms with E-state index in [0.717, 1.165) is 12.3 Å². The van der Waals surface area contributed by atoms with Crippen molar-refractivity contribution in [3.8, 4) is 0 Å². The van der Waals surface area contributed by atoms with E-state index in [-0.39, 0.29) is 13.0 Å². The van der Waals surface area contributed by atoms with Crippen LogP contribution < -0.4 is 0 Å². The molecule has 1 aromatic rings. The third kappa shape index (κ3) is 2.68. The van der Waals surface area contributed by atoms with E-state index in [1.165, 1.54) is 0 Å². The first-order valence-electron chi connectivity index (χ1n) is 3.77. The van der Waals surface area contributed by atoms with E-state index >= 15 is 0 Å². The third-order valence-electron chi connectivity index (χ3n) is 1.61. The van der Waals surface area contributed by atoms with Crippen LogP contribution in [0.1, 0.15) is 11.3 Å². The largest absolute Gasteiger partial charge is 0.433 e. The number of halogens is 4. The first kappa shape index (κ1) is 11.5. The SMILES string of the molecule is OCCc1cc(C(F)(F)F)ncc1Br. The molecule has 0 aliphatic carbocycles. The minimum Gasteiger partial charge on any atom is -0.396 e. The van der Waals surface area contributed by atoms with Crippen molar-refractivity contribution < 1.29 is 18.3 Å². The Morgan fingerprint density at radius 2 is 2.07 bits per heavy atom. The zero-order chi connectivity index (χ0) is 10.8. The Hall–Kier alpha value is -0.620. The fourth-order valence-electron chi connectivity index (χ4n) is 0.947. The molecule has 0 aliphatic heterocycles. The van der Waals surface area contributed by atoms with Gasteiger partial charge >= 0.3 is 6.18 Å². The number of nitrogens with zero attached hydrogens (tertiary/aromatic N) is 1. The molecule has 0 saturated heterocycles. The minimum absolute atomic E-state index is 0.173. The van der Waals surface area contributed by atoms with Gasteiger partial charge in [0.25, 0.3) is 0 Å². The van der Waals surface area contributed by atoms with Gasteiger partial charge in [0.2, 0.25) is 0 Å². The van der Waals surface area contributed by atoms with Crippen LogP contribution >= 0.6 is 15.9 Å². The van der Waals surface area contributed by atoms with Gasteiger partial charge in [-0.15, -0.1) is 0 Å². The predicted octanol–water partition coefficient (Wildman–Crippen LogP) is 2.40. The van der Waals surface area contributed by atoms with Crippen LogP contribution in [0, 0.1) is 0 Å². The smallest absolute Gasteiger partial charge is 0.396 e. The summed E-state index contributed by atoms with van der Waals surface area (Å²) in [6.45, 7) is -0.195. The monoisotopic (exact) mass is 269 g/mol. The van der Waals surface area contributed by atoms with E-state index < -0.39 is 11.9 Å². The average Bonchev–Trinajstić information content (AvgIpc) is 2.07. The van der Waals surface area contributed by atoms with Crippen LogP contribution in [0.25, 0.3) is 0 Å². The van der Waals surface area contributed by atoms with Crippen LogP contribution in [0.2, 0.25) is 0 Å². The number of aliphatic hydroxyl groups excluding tert-OH is 1. The lowest BCUT2D eigenvalue weighted by molar-refractivity contribution is -0.141. The molecule has 0 unspecified atom stereocenters. The van der Waals surface area contributed by atoms with Gasteiger partial charge < -0.3 is 5.11 Å². The number of hydrogen-bond donors (Lipinski definition) is 1. The summed E-state index contributed by atoms with van der Waals surface area (Å²) in [5, 5.41) is 8.62. The second-order valence-corrected chi connectivity index (χ2v) is 3.49. The summed E-state index contributed by atoms with van der Waals surface area (Å²) in [5.41, 5.74) is -0.543. The van der Waals surface area contributed by atoms with E-state index in [4.69, 9.17) is 5.11 Å². The van der Waals surface area contributed by atoms with Crippen molar-refractivity contribution in [3.05, 3.63) is 28.0 Å². The topological polar surface area (TPSA) is 33.1 Å². The van der Waals surface area contributed by atoms with Gasteiger partial charge in [-0.1, -0.05) is 0 Å².